The minimum Gasteiger partial charge on any atom is -0.507 e. The number of aliphatic hydroxyl groups excluding tert-OH is 1. The Kier molecular flexibility index (Phi) is 6.49. The molecular formula is C26H25N3O4. The molecule has 3 heterocycles. The molecule has 3 aromatic rings. The van der Waals surface area contributed by atoms with Crippen molar-refractivity contribution in [1.82, 2.24) is 14.9 Å². The Hall–Kier alpha value is -4.00. The van der Waals surface area contributed by atoms with Gasteiger partial charge in [0.1, 0.15) is 11.5 Å². The topological polar surface area (TPSA) is 92.6 Å². The van der Waals surface area contributed by atoms with Crippen LogP contribution in [0.25, 0.3) is 5.76 Å². The van der Waals surface area contributed by atoms with E-state index in [1.807, 2.05) is 6.07 Å². The van der Waals surface area contributed by atoms with Crippen LogP contribution in [0, 0.1) is 5.92 Å². The molecule has 1 amide bonds. The van der Waals surface area contributed by atoms with E-state index in [2.05, 4.69) is 23.8 Å². The molecule has 1 aliphatic rings. The van der Waals surface area contributed by atoms with E-state index in [1.54, 1.807) is 67.3 Å². The van der Waals surface area contributed by atoms with Crippen molar-refractivity contribution in [3.05, 3.63) is 95.6 Å². The van der Waals surface area contributed by atoms with Gasteiger partial charge < -0.3 is 14.7 Å². The fraction of sp³-hybridized carbons (Fsp3) is 0.231. The quantitative estimate of drug-likeness (QED) is 0.335. The molecule has 0 aliphatic carbocycles. The predicted molar refractivity (Wildman–Crippen MR) is 123 cm³/mol. The lowest BCUT2D eigenvalue weighted by atomic mass is 9.96. The van der Waals surface area contributed by atoms with Crippen LogP contribution in [0.3, 0.4) is 0 Å². The zero-order chi connectivity index (χ0) is 23.4. The van der Waals surface area contributed by atoms with Crippen molar-refractivity contribution >= 4 is 17.4 Å². The van der Waals surface area contributed by atoms with Gasteiger partial charge in [-0.05, 0) is 53.4 Å². The first-order valence-electron chi connectivity index (χ1n) is 10.8. The van der Waals surface area contributed by atoms with Crippen molar-refractivity contribution in [2.45, 2.75) is 26.4 Å². The van der Waals surface area contributed by atoms with Gasteiger partial charge >= 0.3 is 0 Å². The van der Waals surface area contributed by atoms with Crippen LogP contribution in [-0.2, 0) is 16.1 Å². The number of Topliss-reactive ketones (excluding diaryl/α,β-unsaturated/α-hetero) is 1. The SMILES string of the molecule is CC(C)COc1ccc(C(O)=C2C(=O)C(=O)N(Cc3cccnc3)[C@H]2c2cccnc2)cc1. The number of carbonyl (C=O) groups is 2. The standard InChI is InChI=1S/C26H25N3O4/c1-17(2)16-33-21-9-7-19(8-10-21)24(30)22-23(20-6-4-12-28-14-20)29(26(32)25(22)31)15-18-5-3-11-27-13-18/h3-14,17,23,30H,15-16H2,1-2H3/t23-/m0/s1. The number of hydrogen-bond acceptors (Lipinski definition) is 6. The molecule has 7 heteroatoms. The molecule has 2 aromatic heterocycles. The number of nitrogens with zero attached hydrogens (tertiary/aromatic N) is 3. The highest BCUT2D eigenvalue weighted by Crippen LogP contribution is 2.40. The number of ether oxygens (including phenoxy) is 1. The second kappa shape index (κ2) is 9.65. The number of carbonyl (C=O) groups excluding carboxylic acids is 2. The van der Waals surface area contributed by atoms with Gasteiger partial charge in [-0.3, -0.25) is 19.6 Å². The Morgan fingerprint density at radius 2 is 1.73 bits per heavy atom. The summed E-state index contributed by atoms with van der Waals surface area (Å²) in [6.07, 6.45) is 6.51. The summed E-state index contributed by atoms with van der Waals surface area (Å²) in [5.74, 6) is -0.586. The van der Waals surface area contributed by atoms with E-state index >= 15 is 0 Å². The average Bonchev–Trinajstić information content (AvgIpc) is 3.09. The van der Waals surface area contributed by atoms with Gasteiger partial charge in [-0.25, -0.2) is 0 Å². The molecule has 1 fully saturated rings. The van der Waals surface area contributed by atoms with Crippen LogP contribution < -0.4 is 4.74 Å². The average molecular weight is 444 g/mol. The first kappa shape index (κ1) is 22.2. The fourth-order valence-electron chi connectivity index (χ4n) is 3.74. The maximum absolute atomic E-state index is 13.1. The lowest BCUT2D eigenvalue weighted by Gasteiger charge is -2.25. The maximum atomic E-state index is 13.1. The molecule has 1 aliphatic heterocycles. The zero-order valence-electron chi connectivity index (χ0n) is 18.5. The van der Waals surface area contributed by atoms with Crippen molar-refractivity contribution in [1.29, 1.82) is 0 Å². The monoisotopic (exact) mass is 443 g/mol. The summed E-state index contributed by atoms with van der Waals surface area (Å²) in [6.45, 7) is 4.87. The van der Waals surface area contributed by atoms with Crippen LogP contribution in [0.15, 0.2) is 78.9 Å². The second-order valence-electron chi connectivity index (χ2n) is 8.30. The van der Waals surface area contributed by atoms with Gasteiger partial charge in [0, 0.05) is 36.9 Å². The largest absolute Gasteiger partial charge is 0.507 e. The predicted octanol–water partition coefficient (Wildman–Crippen LogP) is 4.13. The third kappa shape index (κ3) is 4.77. The Morgan fingerprint density at radius 1 is 1.03 bits per heavy atom. The molecular weight excluding hydrogens is 418 g/mol. The number of amides is 1. The van der Waals surface area contributed by atoms with Crippen LogP contribution in [-0.4, -0.2) is 38.3 Å². The van der Waals surface area contributed by atoms with Gasteiger partial charge in [-0.2, -0.15) is 0 Å². The number of hydrogen-bond donors (Lipinski definition) is 1. The van der Waals surface area contributed by atoms with Gasteiger partial charge in [0.25, 0.3) is 11.7 Å². The third-order valence-corrected chi connectivity index (χ3v) is 5.33. The molecule has 4 rings (SSSR count). The van der Waals surface area contributed by atoms with E-state index in [0.29, 0.717) is 29.4 Å². The van der Waals surface area contributed by atoms with Crippen molar-refractivity contribution in [3.8, 4) is 5.75 Å². The molecule has 0 spiro atoms. The summed E-state index contributed by atoms with van der Waals surface area (Å²) in [5.41, 5.74) is 1.88. The molecule has 0 saturated carbocycles. The van der Waals surface area contributed by atoms with Gasteiger partial charge in [0.15, 0.2) is 0 Å². The summed E-state index contributed by atoms with van der Waals surface area (Å²) in [7, 11) is 0. The summed E-state index contributed by atoms with van der Waals surface area (Å²) in [6, 6.07) is 13.2. The number of rotatable bonds is 7. The lowest BCUT2D eigenvalue weighted by molar-refractivity contribution is -0.140. The number of benzene rings is 1. The smallest absolute Gasteiger partial charge is 0.295 e. The van der Waals surface area contributed by atoms with Crippen LogP contribution in [0.2, 0.25) is 0 Å². The van der Waals surface area contributed by atoms with Gasteiger partial charge in [0.05, 0.1) is 18.2 Å². The zero-order valence-corrected chi connectivity index (χ0v) is 18.5. The minimum absolute atomic E-state index is 0.0349. The first-order valence-corrected chi connectivity index (χ1v) is 10.8. The molecule has 168 valence electrons. The molecule has 1 N–H and O–H groups in total. The van der Waals surface area contributed by atoms with Crippen molar-refractivity contribution in [2.24, 2.45) is 5.92 Å². The molecule has 0 bridgehead atoms. The summed E-state index contributed by atoms with van der Waals surface area (Å²) in [5, 5.41) is 11.1. The first-order chi connectivity index (χ1) is 16.0. The molecule has 7 nitrogen and oxygen atoms in total. The van der Waals surface area contributed by atoms with Crippen molar-refractivity contribution < 1.29 is 19.4 Å². The van der Waals surface area contributed by atoms with E-state index in [1.165, 1.54) is 4.90 Å². The van der Waals surface area contributed by atoms with E-state index in [0.717, 1.165) is 5.56 Å². The second-order valence-corrected chi connectivity index (χ2v) is 8.30. The fourth-order valence-corrected chi connectivity index (χ4v) is 3.74. The highest BCUT2D eigenvalue weighted by atomic mass is 16.5. The molecule has 0 unspecified atom stereocenters. The lowest BCUT2D eigenvalue weighted by Crippen LogP contribution is -2.29. The highest BCUT2D eigenvalue weighted by Gasteiger charge is 2.46. The Bertz CT molecular complexity index is 1160. The Morgan fingerprint density at radius 3 is 2.33 bits per heavy atom. The molecule has 33 heavy (non-hydrogen) atoms. The van der Waals surface area contributed by atoms with E-state index in [4.69, 9.17) is 4.74 Å². The van der Waals surface area contributed by atoms with Gasteiger partial charge in [-0.15, -0.1) is 0 Å². The number of ketones is 1. The number of aliphatic hydroxyl groups is 1. The van der Waals surface area contributed by atoms with Crippen LogP contribution >= 0.6 is 0 Å². The van der Waals surface area contributed by atoms with E-state index < -0.39 is 17.7 Å². The summed E-state index contributed by atoms with van der Waals surface area (Å²) in [4.78, 5) is 35.8. The Labute approximate surface area is 192 Å². The normalized spacial score (nSPS) is 17.5. The van der Waals surface area contributed by atoms with Crippen LogP contribution in [0.1, 0.15) is 36.6 Å². The van der Waals surface area contributed by atoms with Crippen molar-refractivity contribution in [2.75, 3.05) is 6.61 Å². The highest BCUT2D eigenvalue weighted by molar-refractivity contribution is 6.46. The summed E-state index contributed by atoms with van der Waals surface area (Å²) >= 11 is 0. The molecule has 1 saturated heterocycles. The van der Waals surface area contributed by atoms with Crippen LogP contribution in [0.4, 0.5) is 0 Å². The molecule has 1 atom stereocenters. The molecule has 0 radical (unpaired) electrons. The Balaban J connectivity index is 1.74. The van der Waals surface area contributed by atoms with Crippen molar-refractivity contribution in [3.63, 3.8) is 0 Å². The summed E-state index contributed by atoms with van der Waals surface area (Å²) < 4.78 is 5.70. The number of pyridine rings is 2. The van der Waals surface area contributed by atoms with Gasteiger partial charge in [-0.1, -0.05) is 26.0 Å². The van der Waals surface area contributed by atoms with E-state index in [9.17, 15) is 14.7 Å². The van der Waals surface area contributed by atoms with E-state index in [-0.39, 0.29) is 17.9 Å². The minimum atomic E-state index is -0.768. The molecule has 1 aromatic carbocycles. The van der Waals surface area contributed by atoms with Crippen LogP contribution in [0.5, 0.6) is 5.75 Å². The number of likely N-dealkylation sites (tertiary alicyclic amines) is 1. The maximum Gasteiger partial charge on any atom is 0.295 e. The third-order valence-electron chi connectivity index (χ3n) is 5.33. The number of aromatic nitrogens is 2. The van der Waals surface area contributed by atoms with Gasteiger partial charge in [0.2, 0.25) is 0 Å².